The zero-order valence-corrected chi connectivity index (χ0v) is 12.8. The van der Waals surface area contributed by atoms with Crippen LogP contribution in [-0.4, -0.2) is 38.2 Å². The first-order chi connectivity index (χ1) is 10.3. The fraction of sp³-hybridized carbons (Fsp3) is 0.312. The fourth-order valence-electron chi connectivity index (χ4n) is 2.61. The number of nitrogens with zero attached hydrogens (tertiary/aromatic N) is 3. The lowest BCUT2D eigenvalue weighted by molar-refractivity contribution is 0.648. The third-order valence-electron chi connectivity index (χ3n) is 3.77. The van der Waals surface area contributed by atoms with Gasteiger partial charge in [0.1, 0.15) is 11.6 Å². The van der Waals surface area contributed by atoms with E-state index in [1.807, 2.05) is 37.4 Å². The molecular weight excluding hydrogens is 284 g/mol. The Hall–Kier alpha value is -1.94. The first kappa shape index (κ1) is 14.0. The number of hydrogen-bond donors (Lipinski definition) is 1. The molecule has 2 heterocycles. The van der Waals surface area contributed by atoms with Crippen molar-refractivity contribution in [2.75, 3.05) is 48.3 Å². The van der Waals surface area contributed by atoms with Gasteiger partial charge in [0, 0.05) is 43.9 Å². The molecule has 0 spiro atoms. The van der Waals surface area contributed by atoms with E-state index in [0.29, 0.717) is 0 Å². The molecular formula is C16H19ClN4. The summed E-state index contributed by atoms with van der Waals surface area (Å²) in [5, 5.41) is 3.87. The Morgan fingerprint density at radius 3 is 2.43 bits per heavy atom. The van der Waals surface area contributed by atoms with Crippen molar-refractivity contribution in [2.24, 2.45) is 0 Å². The molecule has 5 heteroatoms. The zero-order chi connectivity index (χ0) is 14.7. The van der Waals surface area contributed by atoms with E-state index in [2.05, 4.69) is 32.2 Å². The van der Waals surface area contributed by atoms with Crippen molar-refractivity contribution in [2.45, 2.75) is 0 Å². The highest BCUT2D eigenvalue weighted by Crippen LogP contribution is 2.22. The fourth-order valence-corrected chi connectivity index (χ4v) is 2.79. The number of piperazine rings is 1. The van der Waals surface area contributed by atoms with Gasteiger partial charge < -0.3 is 15.1 Å². The minimum absolute atomic E-state index is 0.790. The molecule has 4 nitrogen and oxygen atoms in total. The predicted molar refractivity (Wildman–Crippen MR) is 89.7 cm³/mol. The topological polar surface area (TPSA) is 31.4 Å². The number of pyridine rings is 1. The first-order valence-corrected chi connectivity index (χ1v) is 7.54. The van der Waals surface area contributed by atoms with E-state index in [0.717, 1.165) is 42.8 Å². The molecule has 3 rings (SSSR count). The van der Waals surface area contributed by atoms with Gasteiger partial charge in [-0.05, 0) is 30.3 Å². The van der Waals surface area contributed by atoms with E-state index < -0.39 is 0 Å². The van der Waals surface area contributed by atoms with Gasteiger partial charge in [0.2, 0.25) is 0 Å². The molecule has 0 atom stereocenters. The van der Waals surface area contributed by atoms with E-state index in [9.17, 15) is 0 Å². The smallest absolute Gasteiger partial charge is 0.131 e. The van der Waals surface area contributed by atoms with Gasteiger partial charge >= 0.3 is 0 Å². The quantitative estimate of drug-likeness (QED) is 0.944. The van der Waals surface area contributed by atoms with Crippen molar-refractivity contribution < 1.29 is 0 Å². The van der Waals surface area contributed by atoms with Gasteiger partial charge in [-0.1, -0.05) is 23.7 Å². The van der Waals surface area contributed by atoms with Crippen molar-refractivity contribution in [3.8, 4) is 0 Å². The highest BCUT2D eigenvalue weighted by atomic mass is 35.5. The molecule has 1 saturated heterocycles. The Morgan fingerprint density at radius 2 is 1.71 bits per heavy atom. The minimum Gasteiger partial charge on any atom is -0.373 e. The van der Waals surface area contributed by atoms with Crippen molar-refractivity contribution in [1.82, 2.24) is 4.98 Å². The van der Waals surface area contributed by atoms with Gasteiger partial charge in [-0.25, -0.2) is 4.98 Å². The summed E-state index contributed by atoms with van der Waals surface area (Å²) in [5.41, 5.74) is 1.19. The normalized spacial score (nSPS) is 15.1. The largest absolute Gasteiger partial charge is 0.373 e. The standard InChI is InChI=1S/C16H19ClN4/c1-18-15-6-3-7-16(19-15)21-10-8-20(9-11-21)14-5-2-4-13(17)12-14/h2-7,12H,8-11H2,1H3,(H,18,19). The maximum Gasteiger partial charge on any atom is 0.131 e. The molecule has 1 aromatic carbocycles. The molecule has 0 unspecified atom stereocenters. The Morgan fingerprint density at radius 1 is 1.00 bits per heavy atom. The van der Waals surface area contributed by atoms with Crippen molar-refractivity contribution >= 4 is 28.9 Å². The molecule has 110 valence electrons. The number of nitrogens with one attached hydrogen (secondary N) is 1. The summed E-state index contributed by atoms with van der Waals surface area (Å²) in [6.45, 7) is 3.89. The van der Waals surface area contributed by atoms with Crippen LogP contribution in [0.1, 0.15) is 0 Å². The van der Waals surface area contributed by atoms with Crippen molar-refractivity contribution in [1.29, 1.82) is 0 Å². The van der Waals surface area contributed by atoms with E-state index in [-0.39, 0.29) is 0 Å². The second-order valence-electron chi connectivity index (χ2n) is 5.08. The summed E-state index contributed by atoms with van der Waals surface area (Å²) in [6, 6.07) is 14.1. The summed E-state index contributed by atoms with van der Waals surface area (Å²) in [5.74, 6) is 1.94. The molecule has 0 amide bonds. The summed E-state index contributed by atoms with van der Waals surface area (Å²) in [4.78, 5) is 9.29. The lowest BCUT2D eigenvalue weighted by atomic mass is 10.2. The summed E-state index contributed by atoms with van der Waals surface area (Å²) in [7, 11) is 1.89. The molecule has 21 heavy (non-hydrogen) atoms. The number of anilines is 3. The number of benzene rings is 1. The van der Waals surface area contributed by atoms with Crippen LogP contribution in [0.25, 0.3) is 0 Å². The van der Waals surface area contributed by atoms with Crippen molar-refractivity contribution in [3.05, 3.63) is 47.5 Å². The van der Waals surface area contributed by atoms with E-state index >= 15 is 0 Å². The molecule has 1 aromatic heterocycles. The monoisotopic (exact) mass is 302 g/mol. The molecule has 1 aliphatic heterocycles. The predicted octanol–water partition coefficient (Wildman–Crippen LogP) is 3.10. The Labute approximate surface area is 130 Å². The number of aromatic nitrogens is 1. The van der Waals surface area contributed by atoms with Crippen LogP contribution in [0.4, 0.5) is 17.3 Å². The highest BCUT2D eigenvalue weighted by molar-refractivity contribution is 6.30. The molecule has 0 aliphatic carbocycles. The van der Waals surface area contributed by atoms with E-state index in [4.69, 9.17) is 11.6 Å². The van der Waals surface area contributed by atoms with Crippen LogP contribution < -0.4 is 15.1 Å². The van der Waals surface area contributed by atoms with Gasteiger partial charge in [-0.3, -0.25) is 0 Å². The van der Waals surface area contributed by atoms with Crippen LogP contribution in [0.2, 0.25) is 5.02 Å². The Kier molecular flexibility index (Phi) is 4.15. The van der Waals surface area contributed by atoms with Crippen LogP contribution in [0.15, 0.2) is 42.5 Å². The number of hydrogen-bond acceptors (Lipinski definition) is 4. The van der Waals surface area contributed by atoms with E-state index in [1.54, 1.807) is 0 Å². The third kappa shape index (κ3) is 3.22. The Bertz CT molecular complexity index is 609. The molecule has 2 aromatic rings. The van der Waals surface area contributed by atoms with Gasteiger partial charge in [0.05, 0.1) is 0 Å². The van der Waals surface area contributed by atoms with Crippen LogP contribution in [0.5, 0.6) is 0 Å². The average Bonchev–Trinajstić information content (AvgIpc) is 2.55. The van der Waals surface area contributed by atoms with Gasteiger partial charge in [-0.2, -0.15) is 0 Å². The third-order valence-corrected chi connectivity index (χ3v) is 4.00. The van der Waals surface area contributed by atoms with Crippen molar-refractivity contribution in [3.63, 3.8) is 0 Å². The summed E-state index contributed by atoms with van der Waals surface area (Å²) < 4.78 is 0. The summed E-state index contributed by atoms with van der Waals surface area (Å²) in [6.07, 6.45) is 0. The maximum atomic E-state index is 6.07. The lowest BCUT2D eigenvalue weighted by Gasteiger charge is -2.36. The average molecular weight is 303 g/mol. The molecule has 1 N–H and O–H groups in total. The molecule has 0 radical (unpaired) electrons. The molecule has 0 bridgehead atoms. The van der Waals surface area contributed by atoms with Crippen LogP contribution >= 0.6 is 11.6 Å². The minimum atomic E-state index is 0.790. The van der Waals surface area contributed by atoms with Gasteiger partial charge in [-0.15, -0.1) is 0 Å². The van der Waals surface area contributed by atoms with Crippen LogP contribution in [0.3, 0.4) is 0 Å². The van der Waals surface area contributed by atoms with Gasteiger partial charge in [0.15, 0.2) is 0 Å². The first-order valence-electron chi connectivity index (χ1n) is 7.16. The van der Waals surface area contributed by atoms with Gasteiger partial charge in [0.25, 0.3) is 0 Å². The second-order valence-corrected chi connectivity index (χ2v) is 5.52. The SMILES string of the molecule is CNc1cccc(N2CCN(c3cccc(Cl)c3)CC2)n1. The Balaban J connectivity index is 1.67. The summed E-state index contributed by atoms with van der Waals surface area (Å²) >= 11 is 6.07. The highest BCUT2D eigenvalue weighted by Gasteiger charge is 2.18. The maximum absolute atomic E-state index is 6.07. The number of halogens is 1. The molecule has 0 saturated carbocycles. The zero-order valence-electron chi connectivity index (χ0n) is 12.1. The van der Waals surface area contributed by atoms with E-state index in [1.165, 1.54) is 5.69 Å². The van der Waals surface area contributed by atoms with Crippen LogP contribution in [-0.2, 0) is 0 Å². The lowest BCUT2D eigenvalue weighted by Crippen LogP contribution is -2.46. The molecule has 1 aliphatic rings. The van der Waals surface area contributed by atoms with Crippen LogP contribution in [0, 0.1) is 0 Å². The molecule has 1 fully saturated rings. The number of rotatable bonds is 3. The second kappa shape index (κ2) is 6.22.